The van der Waals surface area contributed by atoms with Crippen LogP contribution in [0.5, 0.6) is 0 Å². The van der Waals surface area contributed by atoms with Crippen LogP contribution in [-0.4, -0.2) is 4.98 Å². The van der Waals surface area contributed by atoms with Crippen molar-refractivity contribution in [3.8, 4) is 0 Å². The summed E-state index contributed by atoms with van der Waals surface area (Å²) in [4.78, 5) is 4.19. The number of aromatic nitrogens is 1. The fourth-order valence-electron chi connectivity index (χ4n) is 1.53. The summed E-state index contributed by atoms with van der Waals surface area (Å²) in [5, 5.41) is 3.27. The van der Waals surface area contributed by atoms with E-state index in [0.717, 1.165) is 21.4 Å². The van der Waals surface area contributed by atoms with Gasteiger partial charge in [0.1, 0.15) is 5.82 Å². The maximum Gasteiger partial charge on any atom is 0.124 e. The predicted molar refractivity (Wildman–Crippen MR) is 70.4 cm³/mol. The van der Waals surface area contributed by atoms with Gasteiger partial charge < -0.3 is 5.32 Å². The van der Waals surface area contributed by atoms with Crippen molar-refractivity contribution in [3.63, 3.8) is 0 Å². The fraction of sp³-hybridized carbons (Fsp3) is 0.154. The molecular weight excluding hydrogens is 283 g/mol. The first-order chi connectivity index (χ1) is 8.16. The van der Waals surface area contributed by atoms with Crippen molar-refractivity contribution in [2.24, 2.45) is 0 Å². The van der Waals surface area contributed by atoms with Crippen molar-refractivity contribution in [1.29, 1.82) is 0 Å². The molecule has 0 bridgehead atoms. The molecule has 2 aromatic rings. The summed E-state index contributed by atoms with van der Waals surface area (Å²) in [6.07, 6.45) is 1.76. The predicted octanol–water partition coefficient (Wildman–Crippen LogP) is 3.90. The molecule has 1 aromatic carbocycles. The molecule has 1 N–H and O–H groups in total. The van der Waals surface area contributed by atoms with Crippen LogP contribution in [0.25, 0.3) is 0 Å². The van der Waals surface area contributed by atoms with E-state index in [1.807, 2.05) is 19.1 Å². The maximum atomic E-state index is 12.9. The molecule has 0 saturated carbocycles. The first kappa shape index (κ1) is 12.0. The zero-order valence-electron chi connectivity index (χ0n) is 9.37. The smallest absolute Gasteiger partial charge is 0.124 e. The van der Waals surface area contributed by atoms with Gasteiger partial charge in [-0.05, 0) is 36.8 Å². The number of pyridine rings is 1. The molecule has 4 heteroatoms. The summed E-state index contributed by atoms with van der Waals surface area (Å²) in [5.74, 6) is -0.238. The van der Waals surface area contributed by atoms with Crippen molar-refractivity contribution in [3.05, 3.63) is 58.1 Å². The average Bonchev–Trinajstić information content (AvgIpc) is 2.30. The topological polar surface area (TPSA) is 24.9 Å². The van der Waals surface area contributed by atoms with Crippen molar-refractivity contribution < 1.29 is 4.39 Å². The van der Waals surface area contributed by atoms with Crippen LogP contribution >= 0.6 is 15.9 Å². The van der Waals surface area contributed by atoms with Gasteiger partial charge in [0, 0.05) is 17.2 Å². The van der Waals surface area contributed by atoms with Crippen molar-refractivity contribution in [2.75, 3.05) is 5.32 Å². The molecule has 0 radical (unpaired) electrons. The van der Waals surface area contributed by atoms with Gasteiger partial charge in [0.2, 0.25) is 0 Å². The molecule has 0 amide bonds. The minimum atomic E-state index is -0.238. The molecule has 1 heterocycles. The molecule has 0 aliphatic heterocycles. The van der Waals surface area contributed by atoms with E-state index in [1.54, 1.807) is 12.3 Å². The molecule has 0 saturated heterocycles. The number of benzene rings is 1. The van der Waals surface area contributed by atoms with Crippen LogP contribution < -0.4 is 5.32 Å². The first-order valence-corrected chi connectivity index (χ1v) is 6.05. The molecule has 0 aliphatic rings. The Morgan fingerprint density at radius 2 is 2.18 bits per heavy atom. The molecule has 2 nitrogen and oxygen atoms in total. The van der Waals surface area contributed by atoms with Crippen LogP contribution in [0.1, 0.15) is 11.3 Å². The lowest BCUT2D eigenvalue weighted by Gasteiger charge is -2.09. The standard InChI is InChI=1S/C13H12BrFN2/c1-9-13(3-2-6-16-9)17-8-10-4-5-11(15)7-12(10)14/h2-7,17H,8H2,1H3. The molecule has 2 rings (SSSR count). The van der Waals surface area contributed by atoms with Gasteiger partial charge in [0.05, 0.1) is 11.4 Å². The van der Waals surface area contributed by atoms with Crippen LogP contribution in [0.3, 0.4) is 0 Å². The fourth-order valence-corrected chi connectivity index (χ4v) is 2.02. The molecular formula is C13H12BrFN2. The Morgan fingerprint density at radius 1 is 1.35 bits per heavy atom. The van der Waals surface area contributed by atoms with E-state index in [0.29, 0.717) is 6.54 Å². The Bertz CT molecular complexity index is 529. The SMILES string of the molecule is Cc1ncccc1NCc1ccc(F)cc1Br. The van der Waals surface area contributed by atoms with E-state index in [1.165, 1.54) is 12.1 Å². The number of halogens is 2. The largest absolute Gasteiger partial charge is 0.379 e. The third-order valence-corrected chi connectivity index (χ3v) is 3.23. The molecule has 0 atom stereocenters. The second-order valence-corrected chi connectivity index (χ2v) is 4.58. The zero-order chi connectivity index (χ0) is 12.3. The van der Waals surface area contributed by atoms with Gasteiger partial charge >= 0.3 is 0 Å². The second-order valence-electron chi connectivity index (χ2n) is 3.73. The lowest BCUT2D eigenvalue weighted by molar-refractivity contribution is 0.626. The van der Waals surface area contributed by atoms with Gasteiger partial charge in [-0.3, -0.25) is 4.98 Å². The summed E-state index contributed by atoms with van der Waals surface area (Å²) in [6.45, 7) is 2.58. The highest BCUT2D eigenvalue weighted by atomic mass is 79.9. The molecule has 17 heavy (non-hydrogen) atoms. The number of nitrogens with one attached hydrogen (secondary N) is 1. The van der Waals surface area contributed by atoms with E-state index >= 15 is 0 Å². The third kappa shape index (κ3) is 3.03. The quantitative estimate of drug-likeness (QED) is 0.928. The zero-order valence-corrected chi connectivity index (χ0v) is 11.0. The number of hydrogen-bond donors (Lipinski definition) is 1. The Labute approximate surface area is 108 Å². The number of anilines is 1. The molecule has 88 valence electrons. The van der Waals surface area contributed by atoms with Crippen LogP contribution in [0.15, 0.2) is 41.0 Å². The van der Waals surface area contributed by atoms with Gasteiger partial charge in [0.25, 0.3) is 0 Å². The van der Waals surface area contributed by atoms with Crippen LogP contribution in [-0.2, 0) is 6.54 Å². The van der Waals surface area contributed by atoms with Crippen molar-refractivity contribution in [2.45, 2.75) is 13.5 Å². The molecule has 0 fully saturated rings. The Morgan fingerprint density at radius 3 is 2.88 bits per heavy atom. The van der Waals surface area contributed by atoms with Gasteiger partial charge in [-0.2, -0.15) is 0 Å². The number of hydrogen-bond acceptors (Lipinski definition) is 2. The van der Waals surface area contributed by atoms with E-state index in [9.17, 15) is 4.39 Å². The summed E-state index contributed by atoms with van der Waals surface area (Å²) < 4.78 is 13.7. The number of rotatable bonds is 3. The monoisotopic (exact) mass is 294 g/mol. The second kappa shape index (κ2) is 5.27. The van der Waals surface area contributed by atoms with Gasteiger partial charge in [0.15, 0.2) is 0 Å². The van der Waals surface area contributed by atoms with Crippen LogP contribution in [0.2, 0.25) is 0 Å². The average molecular weight is 295 g/mol. The lowest BCUT2D eigenvalue weighted by atomic mass is 10.2. The normalized spacial score (nSPS) is 10.3. The Hall–Kier alpha value is -1.42. The van der Waals surface area contributed by atoms with Crippen molar-refractivity contribution in [1.82, 2.24) is 4.98 Å². The first-order valence-electron chi connectivity index (χ1n) is 5.26. The summed E-state index contributed by atoms with van der Waals surface area (Å²) in [5.41, 5.74) is 2.95. The van der Waals surface area contributed by atoms with E-state index in [-0.39, 0.29) is 5.82 Å². The highest BCUT2D eigenvalue weighted by molar-refractivity contribution is 9.10. The molecule has 0 aliphatic carbocycles. The number of nitrogens with zero attached hydrogens (tertiary/aromatic N) is 1. The summed E-state index contributed by atoms with van der Waals surface area (Å²) >= 11 is 3.34. The molecule has 0 spiro atoms. The summed E-state index contributed by atoms with van der Waals surface area (Å²) in [6, 6.07) is 8.54. The van der Waals surface area contributed by atoms with Crippen LogP contribution in [0, 0.1) is 12.7 Å². The van der Waals surface area contributed by atoms with E-state index < -0.39 is 0 Å². The third-order valence-electron chi connectivity index (χ3n) is 2.49. The number of aryl methyl sites for hydroxylation is 1. The minimum Gasteiger partial charge on any atom is -0.379 e. The maximum absolute atomic E-state index is 12.9. The summed E-state index contributed by atoms with van der Waals surface area (Å²) in [7, 11) is 0. The van der Waals surface area contributed by atoms with Crippen molar-refractivity contribution >= 4 is 21.6 Å². The van der Waals surface area contributed by atoms with E-state index in [4.69, 9.17) is 0 Å². The minimum absolute atomic E-state index is 0.238. The highest BCUT2D eigenvalue weighted by Gasteiger charge is 2.02. The van der Waals surface area contributed by atoms with Crippen LogP contribution in [0.4, 0.5) is 10.1 Å². The van der Waals surface area contributed by atoms with Gasteiger partial charge in [-0.15, -0.1) is 0 Å². The highest BCUT2D eigenvalue weighted by Crippen LogP contribution is 2.20. The molecule has 0 unspecified atom stereocenters. The Kier molecular flexibility index (Phi) is 3.74. The molecule has 1 aromatic heterocycles. The van der Waals surface area contributed by atoms with Gasteiger partial charge in [-0.1, -0.05) is 22.0 Å². The van der Waals surface area contributed by atoms with Gasteiger partial charge in [-0.25, -0.2) is 4.39 Å². The Balaban J connectivity index is 2.10. The lowest BCUT2D eigenvalue weighted by Crippen LogP contribution is -2.02. The van der Waals surface area contributed by atoms with E-state index in [2.05, 4.69) is 26.2 Å².